The fraction of sp³-hybridized carbons (Fsp3) is 0.278. The molecule has 30 heavy (non-hydrogen) atoms. The molecule has 12 heteroatoms. The van der Waals surface area contributed by atoms with Crippen molar-refractivity contribution in [1.29, 1.82) is 0 Å². The summed E-state index contributed by atoms with van der Waals surface area (Å²) in [6.45, 7) is -0.0481. The van der Waals surface area contributed by atoms with Gasteiger partial charge in [-0.15, -0.1) is 10.2 Å². The minimum atomic E-state index is -1.30. The Morgan fingerprint density at radius 2 is 2.00 bits per heavy atom. The average Bonchev–Trinajstić information content (AvgIpc) is 3.39. The Kier molecular flexibility index (Phi) is 6.82. The van der Waals surface area contributed by atoms with Gasteiger partial charge in [0.25, 0.3) is 0 Å². The first-order valence-electron chi connectivity index (χ1n) is 8.94. The molecule has 0 fully saturated rings. The van der Waals surface area contributed by atoms with Gasteiger partial charge in [0.2, 0.25) is 0 Å². The van der Waals surface area contributed by atoms with Gasteiger partial charge in [0.15, 0.2) is 11.6 Å². The Hall–Kier alpha value is -4.09. The van der Waals surface area contributed by atoms with E-state index in [0.717, 1.165) is 10.4 Å². The summed E-state index contributed by atoms with van der Waals surface area (Å²) in [6, 6.07) is 7.65. The van der Waals surface area contributed by atoms with Crippen LogP contribution in [0.2, 0.25) is 0 Å². The van der Waals surface area contributed by atoms with Crippen LogP contribution < -0.4 is 5.32 Å². The van der Waals surface area contributed by atoms with E-state index in [-0.39, 0.29) is 13.2 Å². The van der Waals surface area contributed by atoms with E-state index in [4.69, 9.17) is 9.84 Å². The Balaban J connectivity index is 1.56. The van der Waals surface area contributed by atoms with Crippen LogP contribution in [0.1, 0.15) is 17.8 Å². The Morgan fingerprint density at radius 1 is 1.20 bits per heavy atom. The first-order valence-corrected chi connectivity index (χ1v) is 8.94. The van der Waals surface area contributed by atoms with Crippen molar-refractivity contribution in [2.45, 2.75) is 32.2 Å². The van der Waals surface area contributed by atoms with Gasteiger partial charge >= 0.3 is 12.1 Å². The van der Waals surface area contributed by atoms with Gasteiger partial charge in [-0.05, 0) is 10.8 Å². The first-order chi connectivity index (χ1) is 14.5. The summed E-state index contributed by atoms with van der Waals surface area (Å²) in [4.78, 5) is 40.6. The maximum atomic E-state index is 12.5. The summed E-state index contributed by atoms with van der Waals surface area (Å²) in [5, 5.41) is 23.1. The molecule has 0 bridgehead atoms. The normalized spacial score (nSPS) is 11.6. The van der Waals surface area contributed by atoms with Gasteiger partial charge in [0.05, 0.1) is 19.3 Å². The van der Waals surface area contributed by atoms with Crippen molar-refractivity contribution in [3.05, 3.63) is 60.4 Å². The van der Waals surface area contributed by atoms with Crippen molar-refractivity contribution in [3.8, 4) is 0 Å². The zero-order valence-corrected chi connectivity index (χ0v) is 15.8. The number of rotatable bonds is 10. The van der Waals surface area contributed by atoms with E-state index in [1.54, 1.807) is 47.6 Å². The molecular formula is C18H19N7O5. The number of nitrogens with one attached hydrogen (secondary N) is 1. The third-order valence-corrected chi connectivity index (χ3v) is 3.95. The Labute approximate surface area is 170 Å². The third-order valence-electron chi connectivity index (χ3n) is 3.95. The number of hydrogen-bond donors (Lipinski definition) is 2. The molecule has 0 aliphatic heterocycles. The van der Waals surface area contributed by atoms with Crippen molar-refractivity contribution >= 4 is 17.8 Å². The van der Waals surface area contributed by atoms with Crippen molar-refractivity contribution in [2.75, 3.05) is 0 Å². The van der Waals surface area contributed by atoms with E-state index in [2.05, 4.69) is 25.7 Å². The van der Waals surface area contributed by atoms with Gasteiger partial charge in [-0.2, -0.15) is 4.80 Å². The predicted octanol–water partition coefficient (Wildman–Crippen LogP) is 0.257. The molecule has 0 saturated carbocycles. The molecule has 12 nitrogen and oxygen atoms in total. The van der Waals surface area contributed by atoms with Crippen LogP contribution in [0.4, 0.5) is 4.79 Å². The molecule has 2 aromatic heterocycles. The lowest BCUT2D eigenvalue weighted by Crippen LogP contribution is -2.44. The lowest BCUT2D eigenvalue weighted by atomic mass is 10.1. The molecule has 2 heterocycles. The molecule has 0 spiro atoms. The summed E-state index contributed by atoms with van der Waals surface area (Å²) >= 11 is 0. The maximum Gasteiger partial charge on any atom is 0.408 e. The first kappa shape index (κ1) is 20.6. The molecule has 3 aromatic rings. The second-order valence-electron chi connectivity index (χ2n) is 6.29. The largest absolute Gasteiger partial charge is 0.481 e. The van der Waals surface area contributed by atoms with Gasteiger partial charge in [-0.25, -0.2) is 9.78 Å². The number of carbonyl (C=O) groups is 3. The lowest BCUT2D eigenvalue weighted by Gasteiger charge is -2.15. The smallest absolute Gasteiger partial charge is 0.408 e. The fourth-order valence-electron chi connectivity index (χ4n) is 2.53. The molecule has 0 saturated heterocycles. The quantitative estimate of drug-likeness (QED) is 0.476. The molecule has 0 aliphatic rings. The number of aromatic nitrogens is 6. The maximum absolute atomic E-state index is 12.5. The SMILES string of the molecule is O=C(O)CC(NC(=O)OCc1ccccc1)C(=O)Cn1nnc(Cn2ccnc2)n1. The fourth-order valence-corrected chi connectivity index (χ4v) is 2.53. The number of carboxylic acids is 1. The second-order valence-corrected chi connectivity index (χ2v) is 6.29. The number of hydrogen-bond acceptors (Lipinski definition) is 8. The molecule has 3 rings (SSSR count). The predicted molar refractivity (Wildman–Crippen MR) is 100.0 cm³/mol. The van der Waals surface area contributed by atoms with Crippen LogP contribution in [-0.4, -0.2) is 58.8 Å². The van der Waals surface area contributed by atoms with E-state index >= 15 is 0 Å². The summed E-state index contributed by atoms with van der Waals surface area (Å²) in [5.74, 6) is -1.49. The number of benzene rings is 1. The highest BCUT2D eigenvalue weighted by molar-refractivity contribution is 5.90. The van der Waals surface area contributed by atoms with E-state index in [0.29, 0.717) is 12.4 Å². The van der Waals surface area contributed by atoms with Crippen LogP contribution in [0.25, 0.3) is 0 Å². The van der Waals surface area contributed by atoms with Crippen LogP contribution in [0.3, 0.4) is 0 Å². The van der Waals surface area contributed by atoms with Gasteiger partial charge in [-0.1, -0.05) is 30.3 Å². The highest BCUT2D eigenvalue weighted by Crippen LogP contribution is 2.03. The molecule has 1 amide bonds. The summed E-state index contributed by atoms with van der Waals surface area (Å²) in [7, 11) is 0. The topological polar surface area (TPSA) is 154 Å². The Morgan fingerprint density at radius 3 is 2.70 bits per heavy atom. The molecule has 1 unspecified atom stereocenters. The minimum absolute atomic E-state index is 0.0110. The van der Waals surface area contributed by atoms with E-state index in [1.807, 2.05) is 6.07 Å². The third kappa shape index (κ3) is 6.22. The number of carboxylic acid groups (broad SMARTS) is 1. The number of Topliss-reactive ketones (excluding diaryl/α,β-unsaturated/α-hetero) is 1. The number of amides is 1. The number of ketones is 1. The molecule has 1 aromatic carbocycles. The number of alkyl carbamates (subject to hydrolysis) is 1. The highest BCUT2D eigenvalue weighted by atomic mass is 16.5. The second kappa shape index (κ2) is 9.91. The van der Waals surface area contributed by atoms with Crippen LogP contribution in [0.5, 0.6) is 0 Å². The van der Waals surface area contributed by atoms with Gasteiger partial charge in [0.1, 0.15) is 19.2 Å². The number of aliphatic carboxylic acids is 1. The van der Waals surface area contributed by atoms with Gasteiger partial charge in [0, 0.05) is 12.4 Å². The van der Waals surface area contributed by atoms with Crippen molar-refractivity contribution < 1.29 is 24.2 Å². The standard InChI is InChI=1S/C18H19N7O5/c26-15(9-25-22-16(21-23-25)10-24-7-6-19-12-24)14(8-17(27)28)20-18(29)30-11-13-4-2-1-3-5-13/h1-7,12,14H,8-11H2,(H,20,29)(H,27,28). The van der Waals surface area contributed by atoms with E-state index in [1.165, 1.54) is 0 Å². The zero-order valence-electron chi connectivity index (χ0n) is 15.8. The van der Waals surface area contributed by atoms with Crippen LogP contribution in [0.15, 0.2) is 49.1 Å². The van der Waals surface area contributed by atoms with Gasteiger partial charge in [-0.3, -0.25) is 9.59 Å². The highest BCUT2D eigenvalue weighted by Gasteiger charge is 2.25. The summed E-state index contributed by atoms with van der Waals surface area (Å²) in [5.41, 5.74) is 0.756. The molecule has 2 N–H and O–H groups in total. The Bertz CT molecular complexity index is 988. The molecule has 0 radical (unpaired) electrons. The molecule has 156 valence electrons. The number of carbonyl (C=O) groups excluding carboxylic acids is 2. The average molecular weight is 413 g/mol. The molecule has 1 atom stereocenters. The number of tetrazole rings is 1. The monoisotopic (exact) mass is 413 g/mol. The number of imidazole rings is 1. The van der Waals surface area contributed by atoms with Crippen LogP contribution in [-0.2, 0) is 34.0 Å². The van der Waals surface area contributed by atoms with E-state index in [9.17, 15) is 14.4 Å². The van der Waals surface area contributed by atoms with Crippen molar-refractivity contribution in [3.63, 3.8) is 0 Å². The number of ether oxygens (including phenoxy) is 1. The molecular weight excluding hydrogens is 394 g/mol. The van der Waals surface area contributed by atoms with Crippen LogP contribution >= 0.6 is 0 Å². The van der Waals surface area contributed by atoms with Gasteiger partial charge < -0.3 is 19.7 Å². The van der Waals surface area contributed by atoms with Crippen LogP contribution in [0, 0.1) is 0 Å². The van der Waals surface area contributed by atoms with Crippen molar-refractivity contribution in [1.82, 2.24) is 35.1 Å². The number of nitrogens with zero attached hydrogens (tertiary/aromatic N) is 6. The lowest BCUT2D eigenvalue weighted by molar-refractivity contribution is -0.139. The van der Waals surface area contributed by atoms with E-state index < -0.39 is 30.3 Å². The molecule has 0 aliphatic carbocycles. The van der Waals surface area contributed by atoms with Crippen molar-refractivity contribution in [2.24, 2.45) is 0 Å². The summed E-state index contributed by atoms with van der Waals surface area (Å²) < 4.78 is 6.77. The zero-order chi connectivity index (χ0) is 21.3. The summed E-state index contributed by atoms with van der Waals surface area (Å²) in [6.07, 6.45) is 3.41. The minimum Gasteiger partial charge on any atom is -0.481 e.